The first-order valence-electron chi connectivity index (χ1n) is 4.68. The van der Waals surface area contributed by atoms with Gasteiger partial charge in [0.15, 0.2) is 11.5 Å². The van der Waals surface area contributed by atoms with Crippen molar-refractivity contribution in [3.63, 3.8) is 0 Å². The van der Waals surface area contributed by atoms with Gasteiger partial charge in [-0.3, -0.25) is 4.79 Å². The molecule has 0 aromatic heterocycles. The van der Waals surface area contributed by atoms with Gasteiger partial charge < -0.3 is 14.8 Å². The molecular weight excluding hydrogens is 246 g/mol. The number of halogens is 1. The van der Waals surface area contributed by atoms with Gasteiger partial charge in [-0.15, -0.1) is 0 Å². The normalized spacial score (nSPS) is 15.9. The molecule has 0 spiro atoms. The zero-order valence-electron chi connectivity index (χ0n) is 8.82. The van der Waals surface area contributed by atoms with E-state index < -0.39 is 11.9 Å². The lowest BCUT2D eigenvalue weighted by molar-refractivity contribution is -0.135. The van der Waals surface area contributed by atoms with Gasteiger partial charge in [-0.2, -0.15) is 0 Å². The molecule has 88 valence electrons. The van der Waals surface area contributed by atoms with Gasteiger partial charge in [0.2, 0.25) is 0 Å². The molecule has 1 aliphatic heterocycles. The van der Waals surface area contributed by atoms with Crippen LogP contribution in [0.25, 0.3) is 0 Å². The van der Waals surface area contributed by atoms with E-state index in [2.05, 4.69) is 10.1 Å². The number of nitrogens with one attached hydrogen (secondary N) is 1. The largest absolute Gasteiger partial charge is 0.466 e. The van der Waals surface area contributed by atoms with Crippen molar-refractivity contribution >= 4 is 29.2 Å². The van der Waals surface area contributed by atoms with Crippen LogP contribution in [0.15, 0.2) is 30.0 Å². The van der Waals surface area contributed by atoms with Crippen molar-refractivity contribution in [2.45, 2.75) is 0 Å². The van der Waals surface area contributed by atoms with Gasteiger partial charge in [0.1, 0.15) is 0 Å². The van der Waals surface area contributed by atoms with Crippen molar-refractivity contribution < 1.29 is 19.1 Å². The summed E-state index contributed by atoms with van der Waals surface area (Å²) in [5, 5.41) is 3.04. The van der Waals surface area contributed by atoms with Gasteiger partial charge in [0, 0.05) is 11.1 Å². The third-order valence-corrected chi connectivity index (χ3v) is 2.32. The van der Waals surface area contributed by atoms with E-state index in [0.717, 1.165) is 6.08 Å². The van der Waals surface area contributed by atoms with Crippen molar-refractivity contribution in [3.05, 3.63) is 35.1 Å². The lowest BCUT2D eigenvalue weighted by Gasteiger charge is -2.19. The van der Waals surface area contributed by atoms with E-state index in [9.17, 15) is 9.59 Å². The number of esters is 1. The fourth-order valence-corrected chi connectivity index (χ4v) is 1.46. The lowest BCUT2D eigenvalue weighted by Crippen LogP contribution is -2.24. The minimum atomic E-state index is -0.666. The highest BCUT2D eigenvalue weighted by Gasteiger charge is 2.23. The molecule has 0 fully saturated rings. The van der Waals surface area contributed by atoms with E-state index in [0.29, 0.717) is 16.5 Å². The molecule has 0 bridgehead atoms. The second-order valence-corrected chi connectivity index (χ2v) is 3.66. The Kier molecular flexibility index (Phi) is 3.01. The summed E-state index contributed by atoms with van der Waals surface area (Å²) in [5.74, 6) is -0.926. The van der Waals surface area contributed by atoms with Gasteiger partial charge in [-0.1, -0.05) is 11.6 Å². The Bertz CT molecular complexity index is 524. The van der Waals surface area contributed by atoms with Crippen molar-refractivity contribution in [2.75, 3.05) is 12.4 Å². The summed E-state index contributed by atoms with van der Waals surface area (Å²) in [7, 11) is 1.21. The van der Waals surface area contributed by atoms with Gasteiger partial charge >= 0.3 is 5.97 Å². The second-order valence-electron chi connectivity index (χ2n) is 3.23. The number of fused-ring (bicyclic) bond motifs is 1. The topological polar surface area (TPSA) is 64.6 Å². The Morgan fingerprint density at radius 2 is 2.29 bits per heavy atom. The van der Waals surface area contributed by atoms with Gasteiger partial charge in [-0.05, 0) is 12.1 Å². The van der Waals surface area contributed by atoms with E-state index >= 15 is 0 Å². The number of methoxy groups -OCH3 is 1. The standard InChI is InChI=1S/C11H8ClNO4/c1-16-10(14)5-9-11(15)13-7-3-2-6(12)4-8(7)17-9/h2-5H,1H3,(H,13,15). The summed E-state index contributed by atoms with van der Waals surface area (Å²) in [6, 6.07) is 4.78. The highest BCUT2D eigenvalue weighted by atomic mass is 35.5. The van der Waals surface area contributed by atoms with Crippen LogP contribution in [0.4, 0.5) is 5.69 Å². The lowest BCUT2D eigenvalue weighted by atomic mass is 10.2. The Labute approximate surface area is 102 Å². The number of rotatable bonds is 1. The Balaban J connectivity index is 2.35. The number of carbonyl (C=O) groups excluding carboxylic acids is 2. The quantitative estimate of drug-likeness (QED) is 0.611. The fraction of sp³-hybridized carbons (Fsp3) is 0.0909. The number of anilines is 1. The summed E-state index contributed by atoms with van der Waals surface area (Å²) >= 11 is 5.79. The maximum atomic E-state index is 11.5. The number of hydrogen-bond donors (Lipinski definition) is 1. The molecule has 0 saturated heterocycles. The molecule has 0 atom stereocenters. The van der Waals surface area contributed by atoms with Crippen molar-refractivity contribution in [3.8, 4) is 5.75 Å². The highest BCUT2D eigenvalue weighted by Crippen LogP contribution is 2.33. The summed E-state index contributed by atoms with van der Waals surface area (Å²) in [6.07, 6.45) is 0.971. The molecule has 0 saturated carbocycles. The van der Waals surface area contributed by atoms with Crippen LogP contribution >= 0.6 is 11.6 Å². The summed E-state index contributed by atoms with van der Waals surface area (Å²) in [5.41, 5.74) is 0.501. The molecular formula is C11H8ClNO4. The number of amides is 1. The zero-order chi connectivity index (χ0) is 12.4. The van der Waals surface area contributed by atoms with Crippen LogP contribution in [0.1, 0.15) is 0 Å². The Hall–Kier alpha value is -2.01. The molecule has 5 nitrogen and oxygen atoms in total. The molecule has 1 aromatic rings. The van der Waals surface area contributed by atoms with Crippen LogP contribution in [0.3, 0.4) is 0 Å². The zero-order valence-corrected chi connectivity index (χ0v) is 9.58. The first-order valence-corrected chi connectivity index (χ1v) is 5.06. The minimum absolute atomic E-state index is 0.133. The van der Waals surface area contributed by atoms with Crippen LogP contribution in [0.5, 0.6) is 5.75 Å². The molecule has 1 aliphatic rings. The highest BCUT2D eigenvalue weighted by molar-refractivity contribution is 6.31. The SMILES string of the molecule is COC(=O)C=C1Oc2cc(Cl)ccc2NC1=O. The molecule has 1 aromatic carbocycles. The number of ether oxygens (including phenoxy) is 2. The van der Waals surface area contributed by atoms with Crippen molar-refractivity contribution in [2.24, 2.45) is 0 Å². The molecule has 6 heteroatoms. The summed E-state index contributed by atoms with van der Waals surface area (Å²) < 4.78 is 9.67. The molecule has 1 heterocycles. The van der Waals surface area contributed by atoms with Crippen LogP contribution in [-0.4, -0.2) is 19.0 Å². The average Bonchev–Trinajstić information content (AvgIpc) is 2.30. The minimum Gasteiger partial charge on any atom is -0.466 e. The first kappa shape index (κ1) is 11.5. The van der Waals surface area contributed by atoms with Crippen LogP contribution in [-0.2, 0) is 14.3 Å². The van der Waals surface area contributed by atoms with E-state index in [4.69, 9.17) is 16.3 Å². The van der Waals surface area contributed by atoms with Crippen LogP contribution < -0.4 is 10.1 Å². The van der Waals surface area contributed by atoms with E-state index in [1.165, 1.54) is 7.11 Å². The molecule has 0 unspecified atom stereocenters. The molecule has 2 rings (SSSR count). The van der Waals surface area contributed by atoms with Gasteiger partial charge in [0.25, 0.3) is 5.91 Å². The summed E-state index contributed by atoms with van der Waals surface area (Å²) in [4.78, 5) is 22.6. The maximum Gasteiger partial charge on any atom is 0.334 e. The Morgan fingerprint density at radius 3 is 3.00 bits per heavy atom. The number of hydrogen-bond acceptors (Lipinski definition) is 4. The van der Waals surface area contributed by atoms with E-state index in [1.807, 2.05) is 0 Å². The van der Waals surface area contributed by atoms with Crippen LogP contribution in [0, 0.1) is 0 Å². The van der Waals surface area contributed by atoms with Gasteiger partial charge in [0.05, 0.1) is 18.9 Å². The van der Waals surface area contributed by atoms with Gasteiger partial charge in [-0.25, -0.2) is 4.79 Å². The van der Waals surface area contributed by atoms with Crippen LogP contribution in [0.2, 0.25) is 5.02 Å². The average molecular weight is 254 g/mol. The molecule has 17 heavy (non-hydrogen) atoms. The number of carbonyl (C=O) groups is 2. The third kappa shape index (κ3) is 2.39. The number of benzene rings is 1. The second kappa shape index (κ2) is 4.47. The predicted molar refractivity (Wildman–Crippen MR) is 60.8 cm³/mol. The summed E-state index contributed by atoms with van der Waals surface area (Å²) in [6.45, 7) is 0. The molecule has 0 aliphatic carbocycles. The monoisotopic (exact) mass is 253 g/mol. The van der Waals surface area contributed by atoms with E-state index in [-0.39, 0.29) is 5.76 Å². The van der Waals surface area contributed by atoms with Crippen molar-refractivity contribution in [1.82, 2.24) is 0 Å². The smallest absolute Gasteiger partial charge is 0.334 e. The molecule has 0 radical (unpaired) electrons. The molecule has 1 amide bonds. The Morgan fingerprint density at radius 1 is 1.53 bits per heavy atom. The predicted octanol–water partition coefficient (Wildman–Crippen LogP) is 1.73. The van der Waals surface area contributed by atoms with E-state index in [1.54, 1.807) is 18.2 Å². The van der Waals surface area contributed by atoms with Crippen molar-refractivity contribution in [1.29, 1.82) is 0 Å². The molecule has 1 N–H and O–H groups in total. The first-order chi connectivity index (χ1) is 8.10. The fourth-order valence-electron chi connectivity index (χ4n) is 1.29. The maximum absolute atomic E-state index is 11.5. The third-order valence-electron chi connectivity index (χ3n) is 2.09.